The summed E-state index contributed by atoms with van der Waals surface area (Å²) in [4.78, 5) is 0. The van der Waals surface area contributed by atoms with Crippen LogP contribution in [0, 0.1) is 0 Å². The number of benzene rings is 1. The number of ether oxygens (including phenoxy) is 1. The van der Waals surface area contributed by atoms with Crippen LogP contribution in [0.5, 0.6) is 5.75 Å². The summed E-state index contributed by atoms with van der Waals surface area (Å²) in [6, 6.07) is 5.97. The molecule has 1 N–H and O–H groups in total. The van der Waals surface area contributed by atoms with Crippen LogP contribution in [0.4, 0.5) is 5.69 Å². The molecule has 0 amide bonds. The number of rotatable bonds is 2. The Labute approximate surface area is 107 Å². The van der Waals surface area contributed by atoms with Crippen LogP contribution < -0.4 is 10.1 Å². The number of fused-ring (bicyclic) bond motifs is 1. The summed E-state index contributed by atoms with van der Waals surface area (Å²) < 4.78 is 28.3. The summed E-state index contributed by atoms with van der Waals surface area (Å²) in [5, 5.41) is 3.34. The van der Waals surface area contributed by atoms with Gasteiger partial charge in [0.15, 0.2) is 9.84 Å². The SMILES string of the molecule is CC1(Oc2ccc3c(c2)NCCC3)CS(=O)(=O)C1. The standard InChI is InChI=1S/C13H17NO3S/c1-13(8-18(15,16)9-13)17-11-5-4-10-3-2-6-14-12(10)7-11/h4-5,7,14H,2-3,6,8-9H2,1H3. The van der Waals surface area contributed by atoms with Crippen LogP contribution in [-0.2, 0) is 16.3 Å². The Hall–Kier alpha value is -1.23. The van der Waals surface area contributed by atoms with Crippen molar-refractivity contribution in [2.75, 3.05) is 23.4 Å². The topological polar surface area (TPSA) is 55.4 Å². The van der Waals surface area contributed by atoms with Gasteiger partial charge in [-0.1, -0.05) is 6.07 Å². The largest absolute Gasteiger partial charge is 0.485 e. The molecule has 0 bridgehead atoms. The highest BCUT2D eigenvalue weighted by Gasteiger charge is 2.47. The second-order valence-corrected chi connectivity index (χ2v) is 7.50. The number of hydrogen-bond acceptors (Lipinski definition) is 4. The van der Waals surface area contributed by atoms with E-state index in [1.54, 1.807) is 0 Å². The summed E-state index contributed by atoms with van der Waals surface area (Å²) in [6.45, 7) is 2.84. The number of anilines is 1. The van der Waals surface area contributed by atoms with E-state index >= 15 is 0 Å². The highest BCUT2D eigenvalue weighted by atomic mass is 32.2. The van der Waals surface area contributed by atoms with Gasteiger partial charge in [-0.2, -0.15) is 0 Å². The lowest BCUT2D eigenvalue weighted by Crippen LogP contribution is -2.56. The molecule has 3 rings (SSSR count). The zero-order valence-corrected chi connectivity index (χ0v) is 11.2. The van der Waals surface area contributed by atoms with E-state index in [0.29, 0.717) is 0 Å². The van der Waals surface area contributed by atoms with Gasteiger partial charge in [0.2, 0.25) is 0 Å². The maximum absolute atomic E-state index is 11.2. The zero-order chi connectivity index (χ0) is 12.8. The summed E-state index contributed by atoms with van der Waals surface area (Å²) in [5.74, 6) is 0.982. The Bertz CT molecular complexity index is 568. The smallest absolute Gasteiger partial charge is 0.158 e. The van der Waals surface area contributed by atoms with E-state index in [4.69, 9.17) is 4.74 Å². The van der Waals surface area contributed by atoms with Crippen LogP contribution in [0.3, 0.4) is 0 Å². The third-order valence-electron chi connectivity index (χ3n) is 3.43. The van der Waals surface area contributed by atoms with Gasteiger partial charge in [-0.05, 0) is 31.4 Å². The van der Waals surface area contributed by atoms with Crippen molar-refractivity contribution in [1.29, 1.82) is 0 Å². The van der Waals surface area contributed by atoms with E-state index in [2.05, 4.69) is 11.4 Å². The van der Waals surface area contributed by atoms with Gasteiger partial charge in [-0.25, -0.2) is 8.42 Å². The molecule has 1 saturated heterocycles. The molecule has 0 radical (unpaired) electrons. The number of aryl methyl sites for hydroxylation is 1. The van der Waals surface area contributed by atoms with Crippen LogP contribution in [0.2, 0.25) is 0 Å². The van der Waals surface area contributed by atoms with Crippen molar-refractivity contribution < 1.29 is 13.2 Å². The van der Waals surface area contributed by atoms with E-state index < -0.39 is 15.4 Å². The first kappa shape index (κ1) is 11.8. The van der Waals surface area contributed by atoms with Crippen molar-refractivity contribution in [3.63, 3.8) is 0 Å². The molecule has 0 aromatic heterocycles. The van der Waals surface area contributed by atoms with E-state index in [0.717, 1.165) is 30.8 Å². The monoisotopic (exact) mass is 267 g/mol. The molecule has 1 fully saturated rings. The molecule has 4 nitrogen and oxygen atoms in total. The Morgan fingerprint density at radius 2 is 2.11 bits per heavy atom. The maximum atomic E-state index is 11.2. The molecule has 2 heterocycles. The molecular weight excluding hydrogens is 250 g/mol. The van der Waals surface area contributed by atoms with E-state index in [-0.39, 0.29) is 11.5 Å². The predicted octanol–water partition coefficient (Wildman–Crippen LogP) is 1.61. The third-order valence-corrected chi connectivity index (χ3v) is 5.54. The fourth-order valence-electron chi connectivity index (χ4n) is 2.74. The number of hydrogen-bond donors (Lipinski definition) is 1. The van der Waals surface area contributed by atoms with Crippen LogP contribution in [0.1, 0.15) is 18.9 Å². The van der Waals surface area contributed by atoms with E-state index in [1.165, 1.54) is 5.56 Å². The normalized spacial score (nSPS) is 23.4. The fourth-order valence-corrected chi connectivity index (χ4v) is 4.63. The van der Waals surface area contributed by atoms with Gasteiger partial charge in [0.05, 0.1) is 11.5 Å². The Morgan fingerprint density at radius 3 is 2.83 bits per heavy atom. The van der Waals surface area contributed by atoms with Gasteiger partial charge in [-0.3, -0.25) is 0 Å². The van der Waals surface area contributed by atoms with Crippen LogP contribution in [0.25, 0.3) is 0 Å². The Balaban J connectivity index is 1.78. The van der Waals surface area contributed by atoms with Gasteiger partial charge in [-0.15, -0.1) is 0 Å². The lowest BCUT2D eigenvalue weighted by Gasteiger charge is -2.38. The van der Waals surface area contributed by atoms with Crippen molar-refractivity contribution in [2.45, 2.75) is 25.4 Å². The van der Waals surface area contributed by atoms with Crippen LogP contribution >= 0.6 is 0 Å². The maximum Gasteiger partial charge on any atom is 0.158 e. The van der Waals surface area contributed by atoms with Gasteiger partial charge < -0.3 is 10.1 Å². The summed E-state index contributed by atoms with van der Waals surface area (Å²) in [5.41, 5.74) is 1.87. The van der Waals surface area contributed by atoms with Crippen LogP contribution in [0.15, 0.2) is 18.2 Å². The molecule has 0 saturated carbocycles. The van der Waals surface area contributed by atoms with Gasteiger partial charge >= 0.3 is 0 Å². The highest BCUT2D eigenvalue weighted by molar-refractivity contribution is 7.93. The minimum absolute atomic E-state index is 0.116. The van der Waals surface area contributed by atoms with Crippen LogP contribution in [-0.4, -0.2) is 32.1 Å². The first-order valence-corrected chi connectivity index (χ1v) is 8.04. The molecule has 0 aliphatic carbocycles. The summed E-state index contributed by atoms with van der Waals surface area (Å²) in [7, 11) is -2.87. The number of nitrogens with one attached hydrogen (secondary N) is 1. The fraction of sp³-hybridized carbons (Fsp3) is 0.538. The molecule has 0 atom stereocenters. The zero-order valence-electron chi connectivity index (χ0n) is 10.4. The lowest BCUT2D eigenvalue weighted by molar-refractivity contribution is 0.121. The van der Waals surface area contributed by atoms with Crippen molar-refractivity contribution in [2.24, 2.45) is 0 Å². The van der Waals surface area contributed by atoms with Crippen molar-refractivity contribution in [3.8, 4) is 5.75 Å². The van der Waals surface area contributed by atoms with Gasteiger partial charge in [0, 0.05) is 18.3 Å². The molecule has 98 valence electrons. The van der Waals surface area contributed by atoms with Gasteiger partial charge in [0.1, 0.15) is 11.4 Å². The molecule has 5 heteroatoms. The minimum atomic E-state index is -2.87. The van der Waals surface area contributed by atoms with E-state index in [1.807, 2.05) is 19.1 Å². The molecule has 2 aliphatic heterocycles. The molecule has 1 aromatic rings. The highest BCUT2D eigenvalue weighted by Crippen LogP contribution is 2.32. The average Bonchev–Trinajstić information content (AvgIpc) is 2.25. The minimum Gasteiger partial charge on any atom is -0.485 e. The van der Waals surface area contributed by atoms with Gasteiger partial charge in [0.25, 0.3) is 0 Å². The Kier molecular flexibility index (Phi) is 2.55. The summed E-state index contributed by atoms with van der Waals surface area (Å²) >= 11 is 0. The molecule has 0 unspecified atom stereocenters. The first-order valence-electron chi connectivity index (χ1n) is 6.22. The lowest BCUT2D eigenvalue weighted by atomic mass is 10.0. The van der Waals surface area contributed by atoms with Crippen molar-refractivity contribution in [1.82, 2.24) is 0 Å². The van der Waals surface area contributed by atoms with Crippen molar-refractivity contribution in [3.05, 3.63) is 23.8 Å². The second kappa shape index (κ2) is 3.88. The molecule has 2 aliphatic rings. The second-order valence-electron chi connectivity index (χ2n) is 5.43. The number of sulfone groups is 1. The third kappa shape index (κ3) is 2.19. The molecular formula is C13H17NO3S. The summed E-state index contributed by atoms with van der Waals surface area (Å²) in [6.07, 6.45) is 2.25. The molecule has 1 aromatic carbocycles. The van der Waals surface area contributed by atoms with E-state index in [9.17, 15) is 8.42 Å². The predicted molar refractivity (Wildman–Crippen MR) is 70.9 cm³/mol. The first-order chi connectivity index (χ1) is 8.46. The quantitative estimate of drug-likeness (QED) is 0.884. The molecule has 0 spiro atoms. The average molecular weight is 267 g/mol. The molecule has 18 heavy (non-hydrogen) atoms. The Morgan fingerprint density at radius 1 is 1.33 bits per heavy atom. The van der Waals surface area contributed by atoms with Crippen molar-refractivity contribution >= 4 is 15.5 Å².